The molecule has 3 rings (SSSR count). The molecule has 0 saturated heterocycles. The van der Waals surface area contributed by atoms with E-state index in [-0.39, 0.29) is 28.6 Å². The molecule has 9 nitrogen and oxygen atoms in total. The molecule has 0 fully saturated rings. The number of hydrogen-bond donors (Lipinski definition) is 3. The second kappa shape index (κ2) is 9.88. The van der Waals surface area contributed by atoms with Crippen molar-refractivity contribution in [3.05, 3.63) is 78.2 Å². The van der Waals surface area contributed by atoms with Crippen LogP contribution in [0.4, 0.5) is 14.6 Å². The number of carbonyl (C=O) groups is 1. The Morgan fingerprint density at radius 3 is 2.48 bits per heavy atom. The number of pyridine rings is 2. The molecule has 0 saturated carbocycles. The van der Waals surface area contributed by atoms with Crippen LogP contribution in [0.25, 0.3) is 0 Å². The maximum Gasteiger partial charge on any atom is 0.387 e. The normalized spacial score (nSPS) is 13.3. The largest absolute Gasteiger partial charge is 0.480 e. The summed E-state index contributed by atoms with van der Waals surface area (Å²) in [6.45, 7) is -3.43. The quantitative estimate of drug-likeness (QED) is 0.400. The third kappa shape index (κ3) is 5.59. The average Bonchev–Trinajstić information content (AvgIpc) is 2.79. The molecule has 0 aliphatic heterocycles. The van der Waals surface area contributed by atoms with Gasteiger partial charge >= 0.3 is 12.6 Å². The first-order valence-electron chi connectivity index (χ1n) is 9.52. The third-order valence-corrected chi connectivity index (χ3v) is 6.82. The van der Waals surface area contributed by atoms with Crippen molar-refractivity contribution in [2.24, 2.45) is 5.73 Å². The maximum atomic E-state index is 13.6. The number of ether oxygens (including phenoxy) is 1. The average molecular weight is 478 g/mol. The summed E-state index contributed by atoms with van der Waals surface area (Å²) in [6.07, 6.45) is 2.30. The van der Waals surface area contributed by atoms with E-state index in [0.29, 0.717) is 5.56 Å². The van der Waals surface area contributed by atoms with Gasteiger partial charge in [0.15, 0.2) is 4.87 Å². The van der Waals surface area contributed by atoms with Crippen molar-refractivity contribution in [2.45, 2.75) is 22.8 Å². The van der Waals surface area contributed by atoms with E-state index in [1.807, 2.05) is 0 Å². The van der Waals surface area contributed by atoms with Crippen molar-refractivity contribution in [1.82, 2.24) is 9.97 Å². The van der Waals surface area contributed by atoms with Crippen LogP contribution in [0, 0.1) is 0 Å². The van der Waals surface area contributed by atoms with Crippen LogP contribution in [0.15, 0.2) is 71.9 Å². The fourth-order valence-corrected chi connectivity index (χ4v) is 4.69. The lowest BCUT2D eigenvalue weighted by Gasteiger charge is -2.29. The number of carboxylic acids is 1. The van der Waals surface area contributed by atoms with Crippen molar-refractivity contribution in [3.8, 4) is 5.75 Å². The molecule has 0 radical (unpaired) electrons. The number of halogens is 2. The number of alkyl halides is 2. The van der Waals surface area contributed by atoms with E-state index in [1.165, 1.54) is 60.8 Å². The lowest BCUT2D eigenvalue weighted by atomic mass is 10.0. The van der Waals surface area contributed by atoms with Crippen LogP contribution in [0.3, 0.4) is 0 Å². The van der Waals surface area contributed by atoms with Crippen molar-refractivity contribution in [3.63, 3.8) is 0 Å². The van der Waals surface area contributed by atoms with Crippen LogP contribution >= 0.6 is 0 Å². The van der Waals surface area contributed by atoms with Crippen LogP contribution in [0.5, 0.6) is 5.75 Å². The Kier molecular flexibility index (Phi) is 7.19. The van der Waals surface area contributed by atoms with E-state index in [0.717, 1.165) is 6.20 Å². The number of anilines is 1. The summed E-state index contributed by atoms with van der Waals surface area (Å²) in [7, 11) is -4.27. The Labute approximate surface area is 188 Å². The van der Waals surface area contributed by atoms with Gasteiger partial charge in [0.1, 0.15) is 18.1 Å². The highest BCUT2D eigenvalue weighted by Gasteiger charge is 2.44. The highest BCUT2D eigenvalue weighted by Crippen LogP contribution is 2.34. The molecule has 1 unspecified atom stereocenters. The number of rotatable bonds is 10. The summed E-state index contributed by atoms with van der Waals surface area (Å²) in [6, 6.07) is 12.6. The van der Waals surface area contributed by atoms with Gasteiger partial charge in [-0.3, -0.25) is 9.78 Å². The number of nitrogens with zero attached hydrogens (tertiary/aromatic N) is 2. The Hall–Kier alpha value is -3.64. The molecular formula is C21H20F2N4O5S. The first-order valence-corrected chi connectivity index (χ1v) is 11.0. The molecule has 12 heteroatoms. The minimum Gasteiger partial charge on any atom is -0.480 e. The molecule has 4 N–H and O–H groups in total. The van der Waals surface area contributed by atoms with E-state index >= 15 is 0 Å². The van der Waals surface area contributed by atoms with Crippen molar-refractivity contribution >= 4 is 21.6 Å². The van der Waals surface area contributed by atoms with Gasteiger partial charge in [0.2, 0.25) is 9.84 Å². The Balaban J connectivity index is 2.05. The molecule has 0 bridgehead atoms. The molecule has 3 aromatic rings. The Bertz CT molecular complexity index is 1210. The van der Waals surface area contributed by atoms with Gasteiger partial charge in [0.25, 0.3) is 0 Å². The van der Waals surface area contributed by atoms with Gasteiger partial charge in [-0.2, -0.15) is 8.78 Å². The summed E-state index contributed by atoms with van der Waals surface area (Å²) >= 11 is 0. The first kappa shape index (κ1) is 24.0. The number of sulfone groups is 1. The molecule has 1 aromatic carbocycles. The van der Waals surface area contributed by atoms with E-state index in [1.54, 1.807) is 0 Å². The number of aromatic nitrogens is 2. The van der Waals surface area contributed by atoms with E-state index in [9.17, 15) is 22.0 Å². The SMILES string of the molecule is NC(Cc1ccc(OC(F)F)cc1)(c1cccc(NCC(=O)O)n1)S(=O)(=O)c1cccnc1. The molecule has 2 aromatic heterocycles. The molecule has 0 spiro atoms. The van der Waals surface area contributed by atoms with Crippen LogP contribution in [0.2, 0.25) is 0 Å². The molecule has 2 heterocycles. The van der Waals surface area contributed by atoms with Gasteiger partial charge in [0, 0.05) is 18.8 Å². The first-order chi connectivity index (χ1) is 15.6. The summed E-state index contributed by atoms with van der Waals surface area (Å²) in [5.41, 5.74) is 6.90. The zero-order valence-corrected chi connectivity index (χ0v) is 17.9. The topological polar surface area (TPSA) is 144 Å². The van der Waals surface area contributed by atoms with Crippen molar-refractivity contribution < 1.29 is 31.8 Å². The Morgan fingerprint density at radius 1 is 1.15 bits per heavy atom. The monoisotopic (exact) mass is 478 g/mol. The predicted octanol–water partition coefficient (Wildman–Crippen LogP) is 2.40. The zero-order chi connectivity index (χ0) is 24.1. The van der Waals surface area contributed by atoms with Gasteiger partial charge in [-0.05, 0) is 42.0 Å². The highest BCUT2D eigenvalue weighted by atomic mass is 32.2. The van der Waals surface area contributed by atoms with E-state index in [4.69, 9.17) is 10.8 Å². The summed E-state index contributed by atoms with van der Waals surface area (Å²) in [4.78, 5) is 16.7. The number of carboxylic acid groups (broad SMARTS) is 1. The van der Waals surface area contributed by atoms with E-state index in [2.05, 4.69) is 20.0 Å². The minimum absolute atomic E-state index is 0.0466. The predicted molar refractivity (Wildman–Crippen MR) is 114 cm³/mol. The number of aliphatic carboxylic acids is 1. The van der Waals surface area contributed by atoms with Gasteiger partial charge in [-0.15, -0.1) is 0 Å². The third-order valence-electron chi connectivity index (χ3n) is 4.64. The lowest BCUT2D eigenvalue weighted by Crippen LogP contribution is -2.47. The molecular weight excluding hydrogens is 458 g/mol. The second-order valence-electron chi connectivity index (χ2n) is 6.94. The van der Waals surface area contributed by atoms with Crippen LogP contribution in [-0.2, 0) is 25.9 Å². The molecule has 0 aliphatic rings. The number of hydrogen-bond acceptors (Lipinski definition) is 8. The minimum atomic E-state index is -4.27. The summed E-state index contributed by atoms with van der Waals surface area (Å²) in [5, 5.41) is 11.5. The second-order valence-corrected chi connectivity index (χ2v) is 9.14. The molecule has 0 aliphatic carbocycles. The van der Waals surface area contributed by atoms with Gasteiger partial charge < -0.3 is 20.9 Å². The molecule has 0 amide bonds. The molecule has 33 heavy (non-hydrogen) atoms. The van der Waals surface area contributed by atoms with Crippen LogP contribution in [0.1, 0.15) is 11.3 Å². The highest BCUT2D eigenvalue weighted by molar-refractivity contribution is 7.92. The van der Waals surface area contributed by atoms with Crippen molar-refractivity contribution in [2.75, 3.05) is 11.9 Å². The number of benzene rings is 1. The maximum absolute atomic E-state index is 13.6. The van der Waals surface area contributed by atoms with Gasteiger partial charge in [0.05, 0.1) is 10.6 Å². The Morgan fingerprint density at radius 2 is 1.88 bits per heavy atom. The van der Waals surface area contributed by atoms with Gasteiger partial charge in [-0.25, -0.2) is 13.4 Å². The number of nitrogens with one attached hydrogen (secondary N) is 1. The van der Waals surface area contributed by atoms with Crippen LogP contribution < -0.4 is 15.8 Å². The molecule has 174 valence electrons. The summed E-state index contributed by atoms with van der Waals surface area (Å²) < 4.78 is 56.4. The number of nitrogens with two attached hydrogens (primary N) is 1. The summed E-state index contributed by atoms with van der Waals surface area (Å²) in [5.74, 6) is -1.11. The fraction of sp³-hybridized carbons (Fsp3) is 0.190. The lowest BCUT2D eigenvalue weighted by molar-refractivity contribution is -0.134. The van der Waals surface area contributed by atoms with E-state index < -0.39 is 33.8 Å². The fourth-order valence-electron chi connectivity index (χ4n) is 3.07. The molecule has 1 atom stereocenters. The smallest absolute Gasteiger partial charge is 0.387 e. The standard InChI is InChI=1S/C21H20F2N4O5S/c22-20(23)32-15-8-6-14(7-9-15)11-21(24,33(30,31)16-3-2-10-25-12-16)17-4-1-5-18(27-17)26-13-19(28)29/h1-10,12,20H,11,13,24H2,(H,26,27)(H,28,29). The zero-order valence-electron chi connectivity index (χ0n) is 17.1. The van der Waals surface area contributed by atoms with Gasteiger partial charge in [-0.1, -0.05) is 18.2 Å². The van der Waals surface area contributed by atoms with Crippen LogP contribution in [-0.4, -0.2) is 42.6 Å². The van der Waals surface area contributed by atoms with Crippen molar-refractivity contribution in [1.29, 1.82) is 0 Å².